The maximum Gasteiger partial charge on any atom is 0.435 e. The van der Waals surface area contributed by atoms with Crippen molar-refractivity contribution in [3.63, 3.8) is 0 Å². The highest BCUT2D eigenvalue weighted by atomic mass is 35.5. The molecule has 0 unspecified atom stereocenters. The molecule has 4 nitrogen and oxygen atoms in total. The van der Waals surface area contributed by atoms with E-state index in [-0.39, 0.29) is 15.6 Å². The second-order valence-corrected chi connectivity index (χ2v) is 7.48. The third-order valence-corrected chi connectivity index (χ3v) is 5.25. The smallest absolute Gasteiger partial charge is 0.301 e. The number of halogens is 4. The van der Waals surface area contributed by atoms with Crippen molar-refractivity contribution in [1.29, 1.82) is 0 Å². The maximum absolute atomic E-state index is 13.3. The fourth-order valence-corrected chi connectivity index (χ4v) is 3.86. The second kappa shape index (κ2) is 5.78. The van der Waals surface area contributed by atoms with Crippen LogP contribution in [0, 0.1) is 0 Å². The zero-order valence-corrected chi connectivity index (χ0v) is 13.5. The number of hydrogen-bond donors (Lipinski definition) is 0. The van der Waals surface area contributed by atoms with Gasteiger partial charge in [-0.15, -0.1) is 0 Å². The van der Waals surface area contributed by atoms with E-state index in [1.54, 1.807) is 6.07 Å². The molecule has 0 N–H and O–H groups in total. The Bertz CT molecular complexity index is 999. The lowest BCUT2D eigenvalue weighted by Gasteiger charge is -2.09. The zero-order valence-electron chi connectivity index (χ0n) is 12.0. The maximum atomic E-state index is 13.3. The highest BCUT2D eigenvalue weighted by Crippen LogP contribution is 2.34. The lowest BCUT2D eigenvalue weighted by molar-refractivity contribution is -0.141. The summed E-state index contributed by atoms with van der Waals surface area (Å²) in [6.45, 7) is 0. The SMILES string of the molecule is O=S(=O)(Cc1c(C(F)(F)F)nc2ccc(Cl)cn12)c1ccccc1. The quantitative estimate of drug-likeness (QED) is 0.696. The van der Waals surface area contributed by atoms with Crippen LogP contribution in [0.5, 0.6) is 0 Å². The fourth-order valence-electron chi connectivity index (χ4n) is 2.32. The molecule has 1 aromatic carbocycles. The van der Waals surface area contributed by atoms with Crippen molar-refractivity contribution in [1.82, 2.24) is 9.38 Å². The van der Waals surface area contributed by atoms with Crippen LogP contribution in [-0.4, -0.2) is 17.8 Å². The first-order valence-corrected chi connectivity index (χ1v) is 8.73. The first kappa shape index (κ1) is 16.8. The molecule has 3 aromatic rings. The summed E-state index contributed by atoms with van der Waals surface area (Å²) in [5.41, 5.74) is -1.72. The summed E-state index contributed by atoms with van der Waals surface area (Å²) >= 11 is 5.82. The number of aromatic nitrogens is 2. The van der Waals surface area contributed by atoms with Crippen LogP contribution in [0.4, 0.5) is 13.2 Å². The third-order valence-electron chi connectivity index (χ3n) is 3.38. The number of hydrogen-bond acceptors (Lipinski definition) is 3. The molecular weight excluding hydrogens is 365 g/mol. The number of rotatable bonds is 3. The van der Waals surface area contributed by atoms with Gasteiger partial charge in [-0.05, 0) is 24.3 Å². The topological polar surface area (TPSA) is 51.4 Å². The predicted molar refractivity (Wildman–Crippen MR) is 82.5 cm³/mol. The summed E-state index contributed by atoms with van der Waals surface area (Å²) in [6.07, 6.45) is -3.56. The molecule has 0 saturated carbocycles. The summed E-state index contributed by atoms with van der Waals surface area (Å²) in [7, 11) is -3.97. The Morgan fingerprint density at radius 3 is 2.38 bits per heavy atom. The molecule has 126 valence electrons. The minimum absolute atomic E-state index is 0.0232. The predicted octanol–water partition coefficient (Wildman–Crippen LogP) is 3.98. The van der Waals surface area contributed by atoms with E-state index in [1.165, 1.54) is 42.6 Å². The molecule has 0 saturated heterocycles. The Morgan fingerprint density at radius 1 is 1.08 bits per heavy atom. The number of sulfone groups is 1. The Hall–Kier alpha value is -2.06. The van der Waals surface area contributed by atoms with Gasteiger partial charge in [-0.1, -0.05) is 29.8 Å². The van der Waals surface area contributed by atoms with Crippen molar-refractivity contribution in [2.45, 2.75) is 16.8 Å². The normalized spacial score (nSPS) is 12.7. The second-order valence-electron chi connectivity index (χ2n) is 5.05. The average Bonchev–Trinajstić information content (AvgIpc) is 2.86. The lowest BCUT2D eigenvalue weighted by Crippen LogP contribution is -2.14. The highest BCUT2D eigenvalue weighted by Gasteiger charge is 2.39. The molecule has 2 aromatic heterocycles. The van der Waals surface area contributed by atoms with E-state index < -0.39 is 33.2 Å². The van der Waals surface area contributed by atoms with Gasteiger partial charge in [-0.25, -0.2) is 13.4 Å². The summed E-state index contributed by atoms with van der Waals surface area (Å²) in [6, 6.07) is 9.98. The summed E-state index contributed by atoms with van der Waals surface area (Å²) < 4.78 is 65.8. The molecule has 2 heterocycles. The van der Waals surface area contributed by atoms with Gasteiger partial charge in [0.1, 0.15) is 5.65 Å². The van der Waals surface area contributed by atoms with Crippen LogP contribution in [0.3, 0.4) is 0 Å². The van der Waals surface area contributed by atoms with Crippen molar-refractivity contribution < 1.29 is 21.6 Å². The number of fused-ring (bicyclic) bond motifs is 1. The summed E-state index contributed by atoms with van der Waals surface area (Å²) in [4.78, 5) is 3.46. The molecule has 0 aliphatic carbocycles. The van der Waals surface area contributed by atoms with E-state index in [1.807, 2.05) is 0 Å². The molecular formula is C15H10ClF3N2O2S. The number of imidazole rings is 1. The first-order chi connectivity index (χ1) is 11.2. The van der Waals surface area contributed by atoms with Crippen LogP contribution in [0.2, 0.25) is 5.02 Å². The summed E-state index contributed by atoms with van der Waals surface area (Å²) in [5, 5.41) is 0.173. The molecule has 9 heteroatoms. The Morgan fingerprint density at radius 2 is 1.75 bits per heavy atom. The molecule has 24 heavy (non-hydrogen) atoms. The zero-order chi connectivity index (χ0) is 17.5. The number of benzene rings is 1. The Kier molecular flexibility index (Phi) is 4.05. The van der Waals surface area contributed by atoms with Crippen molar-refractivity contribution in [2.24, 2.45) is 0 Å². The van der Waals surface area contributed by atoms with Gasteiger partial charge in [-0.3, -0.25) is 0 Å². The first-order valence-electron chi connectivity index (χ1n) is 6.70. The van der Waals surface area contributed by atoms with Crippen LogP contribution >= 0.6 is 11.6 Å². The Balaban J connectivity index is 2.19. The van der Waals surface area contributed by atoms with E-state index >= 15 is 0 Å². The minimum atomic E-state index is -4.78. The van der Waals surface area contributed by atoms with E-state index in [0.717, 1.165) is 4.40 Å². The molecule has 0 aliphatic rings. The van der Waals surface area contributed by atoms with Crippen LogP contribution < -0.4 is 0 Å². The van der Waals surface area contributed by atoms with Crippen LogP contribution in [0.25, 0.3) is 5.65 Å². The average molecular weight is 375 g/mol. The highest BCUT2D eigenvalue weighted by molar-refractivity contribution is 7.90. The molecule has 0 fully saturated rings. The van der Waals surface area contributed by atoms with E-state index in [9.17, 15) is 21.6 Å². The molecule has 0 radical (unpaired) electrons. The Labute approximate surface area is 140 Å². The van der Waals surface area contributed by atoms with E-state index in [0.29, 0.717) is 0 Å². The third kappa shape index (κ3) is 3.11. The van der Waals surface area contributed by atoms with Crippen LogP contribution in [0.15, 0.2) is 53.6 Å². The van der Waals surface area contributed by atoms with Crippen LogP contribution in [0.1, 0.15) is 11.4 Å². The molecule has 0 aliphatic heterocycles. The van der Waals surface area contributed by atoms with Gasteiger partial charge in [0, 0.05) is 6.20 Å². The number of nitrogens with zero attached hydrogens (tertiary/aromatic N) is 2. The molecule has 0 amide bonds. The number of alkyl halides is 3. The minimum Gasteiger partial charge on any atom is -0.301 e. The van der Waals surface area contributed by atoms with Gasteiger partial charge in [0.05, 0.1) is 21.4 Å². The fraction of sp³-hybridized carbons (Fsp3) is 0.133. The lowest BCUT2D eigenvalue weighted by atomic mass is 10.3. The number of pyridine rings is 1. The van der Waals surface area contributed by atoms with Crippen molar-refractivity contribution in [3.8, 4) is 0 Å². The largest absolute Gasteiger partial charge is 0.435 e. The monoisotopic (exact) mass is 374 g/mol. The van der Waals surface area contributed by atoms with Gasteiger partial charge < -0.3 is 4.40 Å². The molecule has 3 rings (SSSR count). The summed E-state index contributed by atoms with van der Waals surface area (Å²) in [5.74, 6) is -0.840. The molecule has 0 spiro atoms. The van der Waals surface area contributed by atoms with Gasteiger partial charge in [0.2, 0.25) is 0 Å². The van der Waals surface area contributed by atoms with Gasteiger partial charge >= 0.3 is 6.18 Å². The standard InChI is InChI=1S/C15H10ClF3N2O2S/c16-10-6-7-13-20-14(15(17,18)19)12(21(13)8-10)9-24(22,23)11-4-2-1-3-5-11/h1-8H,9H2. The van der Waals surface area contributed by atoms with Gasteiger partial charge in [0.15, 0.2) is 15.5 Å². The van der Waals surface area contributed by atoms with E-state index in [2.05, 4.69) is 4.98 Å². The van der Waals surface area contributed by atoms with Gasteiger partial charge in [0.25, 0.3) is 0 Å². The van der Waals surface area contributed by atoms with Crippen molar-refractivity contribution in [2.75, 3.05) is 0 Å². The van der Waals surface area contributed by atoms with Crippen molar-refractivity contribution >= 4 is 27.1 Å². The van der Waals surface area contributed by atoms with Crippen molar-refractivity contribution in [3.05, 3.63) is 65.1 Å². The molecule has 0 atom stereocenters. The van der Waals surface area contributed by atoms with Crippen LogP contribution in [-0.2, 0) is 21.8 Å². The molecule has 0 bridgehead atoms. The van der Waals surface area contributed by atoms with Gasteiger partial charge in [-0.2, -0.15) is 13.2 Å². The van der Waals surface area contributed by atoms with E-state index in [4.69, 9.17) is 11.6 Å².